The van der Waals surface area contributed by atoms with Crippen molar-refractivity contribution >= 4 is 21.8 Å². The summed E-state index contributed by atoms with van der Waals surface area (Å²) in [6.07, 6.45) is 0. The standard InChI is InChI=1S/C13H11BrFNO2/c1-16(8-9-4-2-3-5-10(9)15)13(17)11-6-7-12(14)18-11/h2-7H,8H2,1H3. The van der Waals surface area contributed by atoms with Crippen LogP contribution >= 0.6 is 15.9 Å². The van der Waals surface area contributed by atoms with Crippen molar-refractivity contribution in [2.45, 2.75) is 6.54 Å². The van der Waals surface area contributed by atoms with Gasteiger partial charge in [-0.25, -0.2) is 4.39 Å². The molecule has 0 N–H and O–H groups in total. The predicted molar refractivity (Wildman–Crippen MR) is 68.6 cm³/mol. The van der Waals surface area contributed by atoms with Gasteiger partial charge in [-0.15, -0.1) is 0 Å². The second-order valence-corrected chi connectivity index (χ2v) is 4.64. The van der Waals surface area contributed by atoms with Gasteiger partial charge in [0.05, 0.1) is 0 Å². The number of amides is 1. The van der Waals surface area contributed by atoms with Crippen LogP contribution in [0, 0.1) is 5.82 Å². The Morgan fingerprint density at radius 3 is 2.67 bits per heavy atom. The lowest BCUT2D eigenvalue weighted by atomic mass is 10.2. The average molecular weight is 312 g/mol. The molecule has 1 aromatic carbocycles. The van der Waals surface area contributed by atoms with Crippen molar-refractivity contribution in [1.82, 2.24) is 4.90 Å². The third-order valence-electron chi connectivity index (χ3n) is 2.50. The SMILES string of the molecule is CN(Cc1ccccc1F)C(=O)c1ccc(Br)o1. The van der Waals surface area contributed by atoms with E-state index in [-0.39, 0.29) is 24.0 Å². The maximum Gasteiger partial charge on any atom is 0.289 e. The maximum absolute atomic E-state index is 13.5. The number of nitrogens with zero attached hydrogens (tertiary/aromatic N) is 1. The summed E-state index contributed by atoms with van der Waals surface area (Å²) in [7, 11) is 1.60. The lowest BCUT2D eigenvalue weighted by molar-refractivity contribution is 0.0751. The van der Waals surface area contributed by atoms with Gasteiger partial charge in [-0.05, 0) is 34.1 Å². The number of hydrogen-bond donors (Lipinski definition) is 0. The molecule has 0 unspecified atom stereocenters. The van der Waals surface area contributed by atoms with Gasteiger partial charge < -0.3 is 9.32 Å². The van der Waals surface area contributed by atoms with Crippen LogP contribution in [0.1, 0.15) is 16.1 Å². The molecule has 2 rings (SSSR count). The predicted octanol–water partition coefficient (Wildman–Crippen LogP) is 3.45. The molecule has 0 atom stereocenters. The van der Waals surface area contributed by atoms with E-state index in [1.807, 2.05) is 0 Å². The minimum absolute atomic E-state index is 0.198. The largest absolute Gasteiger partial charge is 0.444 e. The molecule has 0 aliphatic heterocycles. The van der Waals surface area contributed by atoms with Crippen molar-refractivity contribution in [3.05, 3.63) is 58.2 Å². The Labute approximate surface area is 112 Å². The molecule has 5 heteroatoms. The van der Waals surface area contributed by atoms with Crippen molar-refractivity contribution in [3.63, 3.8) is 0 Å². The highest BCUT2D eigenvalue weighted by molar-refractivity contribution is 9.10. The number of carbonyl (C=O) groups excluding carboxylic acids is 1. The molecule has 0 fully saturated rings. The van der Waals surface area contributed by atoms with Crippen molar-refractivity contribution < 1.29 is 13.6 Å². The Kier molecular flexibility index (Phi) is 3.81. The van der Waals surface area contributed by atoms with Crippen molar-refractivity contribution in [1.29, 1.82) is 0 Å². The van der Waals surface area contributed by atoms with Gasteiger partial charge in [0.2, 0.25) is 0 Å². The first-order valence-corrected chi connectivity index (χ1v) is 6.11. The molecule has 18 heavy (non-hydrogen) atoms. The molecule has 0 saturated carbocycles. The number of rotatable bonds is 3. The van der Waals surface area contributed by atoms with Gasteiger partial charge in [-0.3, -0.25) is 4.79 Å². The zero-order valence-corrected chi connectivity index (χ0v) is 11.3. The topological polar surface area (TPSA) is 33.5 Å². The molecule has 0 aliphatic rings. The average Bonchev–Trinajstić information content (AvgIpc) is 2.78. The molecule has 0 bridgehead atoms. The molecule has 0 saturated heterocycles. The van der Waals surface area contributed by atoms with E-state index < -0.39 is 0 Å². The first-order valence-electron chi connectivity index (χ1n) is 5.32. The number of halogens is 2. The highest BCUT2D eigenvalue weighted by Gasteiger charge is 2.16. The number of carbonyl (C=O) groups is 1. The quantitative estimate of drug-likeness (QED) is 0.870. The molecule has 0 aliphatic carbocycles. The molecule has 94 valence electrons. The van der Waals surface area contributed by atoms with Crippen molar-refractivity contribution in [3.8, 4) is 0 Å². The molecule has 0 radical (unpaired) electrons. The van der Waals surface area contributed by atoms with E-state index in [1.54, 1.807) is 37.4 Å². The van der Waals surface area contributed by atoms with Crippen LogP contribution in [0.5, 0.6) is 0 Å². The summed E-state index contributed by atoms with van der Waals surface area (Å²) >= 11 is 3.13. The lowest BCUT2D eigenvalue weighted by Gasteiger charge is -2.16. The molecule has 1 amide bonds. The van der Waals surface area contributed by atoms with Gasteiger partial charge in [0.25, 0.3) is 5.91 Å². The maximum atomic E-state index is 13.5. The van der Waals surface area contributed by atoms with Crippen LogP contribution in [0.15, 0.2) is 45.5 Å². The zero-order chi connectivity index (χ0) is 13.1. The Hall–Kier alpha value is -1.62. The van der Waals surface area contributed by atoms with E-state index in [9.17, 15) is 9.18 Å². The van der Waals surface area contributed by atoms with E-state index in [1.165, 1.54) is 11.0 Å². The Morgan fingerprint density at radius 2 is 2.06 bits per heavy atom. The molecule has 1 aromatic heterocycles. The van der Waals surface area contributed by atoms with E-state index in [4.69, 9.17) is 4.42 Å². The van der Waals surface area contributed by atoms with Crippen molar-refractivity contribution in [2.75, 3.05) is 7.05 Å². The lowest BCUT2D eigenvalue weighted by Crippen LogP contribution is -2.26. The first kappa shape index (κ1) is 12.8. The second kappa shape index (κ2) is 5.35. The van der Waals surface area contributed by atoms with E-state index in [0.717, 1.165) is 0 Å². The monoisotopic (exact) mass is 311 g/mol. The Balaban J connectivity index is 2.11. The van der Waals surface area contributed by atoms with Crippen LogP contribution in [0.3, 0.4) is 0 Å². The summed E-state index contributed by atoms with van der Waals surface area (Å²) in [5.74, 6) is -0.387. The van der Waals surface area contributed by atoms with Gasteiger partial charge in [0.15, 0.2) is 10.4 Å². The minimum Gasteiger partial charge on any atom is -0.444 e. The Morgan fingerprint density at radius 1 is 1.33 bits per heavy atom. The molecular weight excluding hydrogens is 301 g/mol. The summed E-state index contributed by atoms with van der Waals surface area (Å²) in [5, 5.41) is 0. The molecular formula is C13H11BrFNO2. The van der Waals surface area contributed by atoms with E-state index in [0.29, 0.717) is 10.2 Å². The fraction of sp³-hybridized carbons (Fsp3) is 0.154. The normalized spacial score (nSPS) is 10.4. The van der Waals surface area contributed by atoms with Crippen molar-refractivity contribution in [2.24, 2.45) is 0 Å². The summed E-state index contributed by atoms with van der Waals surface area (Å²) in [4.78, 5) is 13.4. The Bertz CT molecular complexity index is 568. The molecule has 0 spiro atoms. The highest BCUT2D eigenvalue weighted by atomic mass is 79.9. The number of benzene rings is 1. The number of hydrogen-bond acceptors (Lipinski definition) is 2. The van der Waals surface area contributed by atoms with Crippen LogP contribution < -0.4 is 0 Å². The molecule has 3 nitrogen and oxygen atoms in total. The number of furan rings is 1. The molecule has 2 aromatic rings. The third kappa shape index (κ3) is 2.79. The highest BCUT2D eigenvalue weighted by Crippen LogP contribution is 2.17. The first-order chi connectivity index (χ1) is 8.58. The van der Waals surface area contributed by atoms with E-state index in [2.05, 4.69) is 15.9 Å². The van der Waals surface area contributed by atoms with E-state index >= 15 is 0 Å². The van der Waals surface area contributed by atoms with Gasteiger partial charge in [-0.2, -0.15) is 0 Å². The van der Waals surface area contributed by atoms with Gasteiger partial charge in [-0.1, -0.05) is 18.2 Å². The summed E-state index contributed by atoms with van der Waals surface area (Å²) < 4.78 is 19.1. The fourth-order valence-electron chi connectivity index (χ4n) is 1.57. The van der Waals surface area contributed by atoms with Crippen LogP contribution in [-0.4, -0.2) is 17.9 Å². The van der Waals surface area contributed by atoms with Gasteiger partial charge in [0.1, 0.15) is 5.82 Å². The fourth-order valence-corrected chi connectivity index (χ4v) is 1.88. The van der Waals surface area contributed by atoms with Gasteiger partial charge >= 0.3 is 0 Å². The summed E-state index contributed by atoms with van der Waals surface area (Å²) in [6.45, 7) is 0.198. The zero-order valence-electron chi connectivity index (χ0n) is 9.69. The summed E-state index contributed by atoms with van der Waals surface area (Å²) in [5.41, 5.74) is 0.471. The van der Waals surface area contributed by atoms with Crippen LogP contribution in [-0.2, 0) is 6.54 Å². The van der Waals surface area contributed by atoms with Crippen LogP contribution in [0.4, 0.5) is 4.39 Å². The van der Waals surface area contributed by atoms with Crippen LogP contribution in [0.2, 0.25) is 0 Å². The second-order valence-electron chi connectivity index (χ2n) is 3.86. The van der Waals surface area contributed by atoms with Crippen LogP contribution in [0.25, 0.3) is 0 Å². The minimum atomic E-state index is -0.322. The smallest absolute Gasteiger partial charge is 0.289 e. The summed E-state index contributed by atoms with van der Waals surface area (Å²) in [6, 6.07) is 9.59. The third-order valence-corrected chi connectivity index (χ3v) is 2.92. The van der Waals surface area contributed by atoms with Gasteiger partial charge in [0, 0.05) is 19.2 Å². The molecule has 1 heterocycles.